The lowest BCUT2D eigenvalue weighted by Gasteiger charge is -2.23. The number of aromatic nitrogens is 8. The molecule has 0 bridgehead atoms. The normalized spacial score (nSPS) is 11.6. The van der Waals surface area contributed by atoms with Crippen LogP contribution in [0, 0.1) is 13.1 Å². The highest BCUT2D eigenvalue weighted by atomic mass is 19.4. The second-order valence-electron chi connectivity index (χ2n) is 17.0. The van der Waals surface area contributed by atoms with Crippen molar-refractivity contribution < 1.29 is 45.5 Å². The molecule has 4 aromatic carbocycles. The average molecular weight is 1050 g/mol. The Morgan fingerprint density at radius 3 is 1.42 bits per heavy atom. The van der Waals surface area contributed by atoms with Crippen LogP contribution in [0.5, 0.6) is 0 Å². The molecule has 1 unspecified atom stereocenters. The van der Waals surface area contributed by atoms with Gasteiger partial charge in [0, 0.05) is 18.9 Å². The smallest absolute Gasteiger partial charge is 0.416 e. The number of alkyl halides is 6. The van der Waals surface area contributed by atoms with Crippen LogP contribution in [0.25, 0.3) is 55.0 Å². The molecule has 0 saturated heterocycles. The summed E-state index contributed by atoms with van der Waals surface area (Å²) in [6.07, 6.45) is -3.80. The van der Waals surface area contributed by atoms with Gasteiger partial charge in [0.05, 0.1) is 81.9 Å². The minimum Gasteiger partial charge on any atom is -0.458 e. The molecule has 0 radical (unpaired) electrons. The Labute approximate surface area is 425 Å². The van der Waals surface area contributed by atoms with Crippen molar-refractivity contribution in [3.8, 4) is 45.3 Å². The van der Waals surface area contributed by atoms with E-state index in [-0.39, 0.29) is 40.9 Å². The van der Waals surface area contributed by atoms with Crippen molar-refractivity contribution in [1.82, 2.24) is 37.8 Å². The third kappa shape index (κ3) is 12.1. The molecule has 0 aliphatic heterocycles. The van der Waals surface area contributed by atoms with Crippen molar-refractivity contribution in [3.05, 3.63) is 210 Å². The number of halogens is 6. The molecule has 8 aromatic rings. The third-order valence-electron chi connectivity index (χ3n) is 10.9. The summed E-state index contributed by atoms with van der Waals surface area (Å²) in [6, 6.07) is 22.9. The Hall–Kier alpha value is -9.93. The molecule has 388 valence electrons. The van der Waals surface area contributed by atoms with Gasteiger partial charge in [-0.2, -0.15) is 46.1 Å². The zero-order chi connectivity index (χ0) is 55.9. The first-order valence-corrected chi connectivity index (χ1v) is 22.2. The van der Waals surface area contributed by atoms with Crippen molar-refractivity contribution in [2.75, 3.05) is 0 Å². The monoisotopic (exact) mass is 1050 g/mol. The number of rotatable bonds is 9. The van der Waals surface area contributed by atoms with Gasteiger partial charge in [-0.1, -0.05) is 36.4 Å². The summed E-state index contributed by atoms with van der Waals surface area (Å²) in [4.78, 5) is 89.3. The van der Waals surface area contributed by atoms with Crippen LogP contribution < -0.4 is 22.5 Å². The number of nitrogens with zero attached hydrogens (tertiary/aromatic N) is 10. The van der Waals surface area contributed by atoms with Gasteiger partial charge in [-0.25, -0.2) is 38.0 Å². The summed E-state index contributed by atoms with van der Waals surface area (Å²) >= 11 is 0. The minimum absolute atomic E-state index is 0.0225. The Morgan fingerprint density at radius 2 is 1.04 bits per heavy atom. The first-order valence-electron chi connectivity index (χ1n) is 22.2. The van der Waals surface area contributed by atoms with Gasteiger partial charge in [-0.3, -0.25) is 23.3 Å². The van der Waals surface area contributed by atoms with Crippen molar-refractivity contribution in [1.29, 1.82) is 0 Å². The van der Waals surface area contributed by atoms with E-state index in [2.05, 4.69) is 19.9 Å². The SMILES string of the molecule is O=C=O.[C-]#[N+]c1ccc(-n2nccc2-c2cn(-c3cccc(C(F)(F)F)c3)c(=O)n(C(C)C(=O)OC(C)(C)C)c2=O)cc1.[C-]#[N+]c1ccc(-n2nccc2-c2cn(-c3cccc(C(F)(F)F)c3)c(=O)n(CC)c2=O)cc1. The fraction of sp³-hybridized carbons (Fsp3) is 0.192. The van der Waals surface area contributed by atoms with Crippen LogP contribution in [-0.4, -0.2) is 55.6 Å². The van der Waals surface area contributed by atoms with Gasteiger partial charge in [0.2, 0.25) is 0 Å². The van der Waals surface area contributed by atoms with Gasteiger partial charge in [0.15, 0.2) is 11.4 Å². The lowest BCUT2D eigenvalue weighted by molar-refractivity contribution is -0.191. The predicted molar refractivity (Wildman–Crippen MR) is 261 cm³/mol. The van der Waals surface area contributed by atoms with Gasteiger partial charge in [-0.05, 0) is 107 Å². The first kappa shape index (κ1) is 55.4. The Balaban J connectivity index is 0.000000238. The molecule has 0 spiro atoms. The number of ether oxygens (including phenoxy) is 1. The van der Waals surface area contributed by atoms with Crippen LogP contribution in [0.2, 0.25) is 0 Å². The lowest BCUT2D eigenvalue weighted by Crippen LogP contribution is -2.45. The quantitative estimate of drug-likeness (QED) is 0.0765. The Morgan fingerprint density at radius 1 is 0.632 bits per heavy atom. The van der Waals surface area contributed by atoms with Gasteiger partial charge in [0.1, 0.15) is 11.6 Å². The van der Waals surface area contributed by atoms with Crippen molar-refractivity contribution in [2.45, 2.75) is 65.2 Å². The molecule has 0 aliphatic rings. The number of esters is 1. The number of benzene rings is 4. The van der Waals surface area contributed by atoms with E-state index in [1.165, 1.54) is 59.1 Å². The molecule has 76 heavy (non-hydrogen) atoms. The molecule has 24 heteroatoms. The summed E-state index contributed by atoms with van der Waals surface area (Å²) in [5.41, 5.74) is -3.89. The fourth-order valence-corrected chi connectivity index (χ4v) is 7.44. The topological polar surface area (TPSA) is 193 Å². The van der Waals surface area contributed by atoms with E-state index >= 15 is 0 Å². The molecule has 0 aliphatic carbocycles. The number of carbonyl (C=O) groups is 1. The lowest BCUT2D eigenvalue weighted by atomic mass is 10.1. The van der Waals surface area contributed by atoms with E-state index in [1.807, 2.05) is 0 Å². The highest BCUT2D eigenvalue weighted by molar-refractivity contribution is 5.74. The number of carbonyl (C=O) groups excluding carboxylic acids is 3. The van der Waals surface area contributed by atoms with E-state index < -0.39 is 63.6 Å². The van der Waals surface area contributed by atoms with Gasteiger partial charge < -0.3 is 4.74 Å². The van der Waals surface area contributed by atoms with Crippen LogP contribution >= 0.6 is 0 Å². The van der Waals surface area contributed by atoms with E-state index in [4.69, 9.17) is 27.5 Å². The van der Waals surface area contributed by atoms with Gasteiger partial charge in [-0.15, -0.1) is 0 Å². The van der Waals surface area contributed by atoms with Crippen molar-refractivity contribution >= 4 is 23.5 Å². The van der Waals surface area contributed by atoms with Crippen LogP contribution in [0.15, 0.2) is 153 Å². The molecule has 0 saturated carbocycles. The molecular weight excluding hydrogens is 1010 g/mol. The molecule has 4 aromatic heterocycles. The second kappa shape index (κ2) is 22.5. The summed E-state index contributed by atoms with van der Waals surface area (Å²) < 4.78 is 91.8. The zero-order valence-electron chi connectivity index (χ0n) is 40.5. The minimum atomic E-state index is -4.68. The molecule has 4 heterocycles. The van der Waals surface area contributed by atoms with Crippen LogP contribution in [0.3, 0.4) is 0 Å². The molecular formula is C52H40F6N10O8. The summed E-state index contributed by atoms with van der Waals surface area (Å²) in [6.45, 7) is 22.0. The highest BCUT2D eigenvalue weighted by Gasteiger charge is 2.33. The van der Waals surface area contributed by atoms with Crippen LogP contribution in [-0.2, 0) is 38.0 Å². The van der Waals surface area contributed by atoms with E-state index in [0.717, 1.165) is 50.2 Å². The molecule has 1 atom stereocenters. The highest BCUT2D eigenvalue weighted by Crippen LogP contribution is 2.32. The standard InChI is InChI=1S/C28H24F3N5O4.C23H16F3N5O2.CO2/c1-17(25(38)40-27(2,3)4)35-24(37)22(23-13-14-33-36(23)20-11-9-19(32-5)10-12-20)16-34(26(35)39)21-8-6-7-18(15-21)28(29,30)31;1-3-29-21(32)19(20-11-12-28-31(20)17-9-7-16(27-2)8-10-17)14-30(22(29)33)18-6-4-5-15(13-18)23(24,25)26;2-1-3/h6-17H,1-4H3;4-14H,3H2,1H3;. The second-order valence-corrected chi connectivity index (χ2v) is 17.0. The molecule has 0 N–H and O–H groups in total. The van der Waals surface area contributed by atoms with E-state index in [0.29, 0.717) is 33.0 Å². The average Bonchev–Trinajstić information content (AvgIpc) is 4.08. The van der Waals surface area contributed by atoms with Crippen molar-refractivity contribution in [3.63, 3.8) is 0 Å². The zero-order valence-corrected chi connectivity index (χ0v) is 40.5. The van der Waals surface area contributed by atoms with Gasteiger partial charge in [0.25, 0.3) is 11.1 Å². The molecule has 8 rings (SSSR count). The van der Waals surface area contributed by atoms with E-state index in [9.17, 15) is 50.3 Å². The maximum Gasteiger partial charge on any atom is 0.416 e. The van der Waals surface area contributed by atoms with E-state index in [1.54, 1.807) is 82.3 Å². The Kier molecular flexibility index (Phi) is 16.4. The van der Waals surface area contributed by atoms with Gasteiger partial charge >= 0.3 is 35.9 Å². The van der Waals surface area contributed by atoms with Crippen molar-refractivity contribution in [2.24, 2.45) is 0 Å². The van der Waals surface area contributed by atoms with Crippen LogP contribution in [0.4, 0.5) is 37.7 Å². The number of hydrogen-bond acceptors (Lipinski definition) is 10. The fourth-order valence-electron chi connectivity index (χ4n) is 7.44. The molecule has 18 nitrogen and oxygen atoms in total. The summed E-state index contributed by atoms with van der Waals surface area (Å²) in [5.74, 6) is -0.873. The molecule has 0 amide bonds. The molecule has 0 fully saturated rings. The Bertz CT molecular complexity index is 3820. The summed E-state index contributed by atoms with van der Waals surface area (Å²) in [7, 11) is 0. The maximum atomic E-state index is 13.8. The van der Waals surface area contributed by atoms with Crippen LogP contribution in [0.1, 0.15) is 51.8 Å². The first-order chi connectivity index (χ1) is 35.9. The number of hydrogen-bond donors (Lipinski definition) is 0. The third-order valence-corrected chi connectivity index (χ3v) is 10.9. The predicted octanol–water partition coefficient (Wildman–Crippen LogP) is 9.18. The largest absolute Gasteiger partial charge is 0.458 e. The summed E-state index contributed by atoms with van der Waals surface area (Å²) in [5, 5.41) is 8.49. The maximum absolute atomic E-state index is 13.8.